The van der Waals surface area contributed by atoms with Gasteiger partial charge in [-0.15, -0.1) is 0 Å². The summed E-state index contributed by atoms with van der Waals surface area (Å²) in [5, 5.41) is 2.73. The summed E-state index contributed by atoms with van der Waals surface area (Å²) in [5.41, 5.74) is -0.0349. The van der Waals surface area contributed by atoms with E-state index in [9.17, 15) is 14.4 Å². The van der Waals surface area contributed by atoms with Crippen molar-refractivity contribution in [2.45, 2.75) is 64.8 Å². The van der Waals surface area contributed by atoms with E-state index in [0.29, 0.717) is 25.1 Å². The van der Waals surface area contributed by atoms with Crippen molar-refractivity contribution in [3.05, 3.63) is 65.7 Å². The highest BCUT2D eigenvalue weighted by Crippen LogP contribution is 2.44. The van der Waals surface area contributed by atoms with Gasteiger partial charge in [0.05, 0.1) is 13.0 Å². The van der Waals surface area contributed by atoms with Crippen molar-refractivity contribution in [1.82, 2.24) is 10.2 Å². The van der Waals surface area contributed by atoms with Gasteiger partial charge in [0.1, 0.15) is 18.0 Å². The molecule has 1 aliphatic heterocycles. The lowest BCUT2D eigenvalue weighted by Crippen LogP contribution is -2.74. The SMILES string of the molecule is COc1ccc(CN2C(=O)[C@@H](C)[C@@]2(CCCNC(=O)OCc2ccccc2)C(=O)OC(C)(C)C)cc1. The van der Waals surface area contributed by atoms with Gasteiger partial charge < -0.3 is 24.4 Å². The second-order valence-electron chi connectivity index (χ2n) is 10.0. The Morgan fingerprint density at radius 1 is 1.03 bits per heavy atom. The van der Waals surface area contributed by atoms with Crippen molar-refractivity contribution in [2.75, 3.05) is 13.7 Å². The summed E-state index contributed by atoms with van der Waals surface area (Å²) >= 11 is 0. The van der Waals surface area contributed by atoms with Gasteiger partial charge in [0, 0.05) is 13.1 Å². The predicted molar refractivity (Wildman–Crippen MR) is 135 cm³/mol. The van der Waals surface area contributed by atoms with Crippen LogP contribution in [0.2, 0.25) is 0 Å². The van der Waals surface area contributed by atoms with Crippen LogP contribution in [0.5, 0.6) is 5.75 Å². The molecule has 2 atom stereocenters. The standard InChI is InChI=1S/C28H36N2O6/c1-20-24(31)30(18-21-12-14-23(34-5)15-13-21)28(20,25(32)36-27(2,3)4)16-9-17-29-26(33)35-19-22-10-7-6-8-11-22/h6-8,10-15,20H,9,16-19H2,1-5H3,(H,29,33)/t20-,28+/m1/s1. The number of nitrogens with zero attached hydrogens (tertiary/aromatic N) is 1. The smallest absolute Gasteiger partial charge is 0.407 e. The molecule has 1 N–H and O–H groups in total. The van der Waals surface area contributed by atoms with Crippen molar-refractivity contribution < 1.29 is 28.6 Å². The number of rotatable bonds is 10. The zero-order valence-electron chi connectivity index (χ0n) is 21.7. The van der Waals surface area contributed by atoms with Gasteiger partial charge in [0.15, 0.2) is 5.54 Å². The number of methoxy groups -OCH3 is 1. The molecule has 36 heavy (non-hydrogen) atoms. The molecular weight excluding hydrogens is 460 g/mol. The van der Waals surface area contributed by atoms with E-state index in [0.717, 1.165) is 11.1 Å². The number of nitrogens with one attached hydrogen (secondary N) is 1. The maximum absolute atomic E-state index is 13.5. The van der Waals surface area contributed by atoms with Crippen molar-refractivity contribution in [2.24, 2.45) is 5.92 Å². The molecule has 8 nitrogen and oxygen atoms in total. The van der Waals surface area contributed by atoms with Crippen molar-refractivity contribution in [1.29, 1.82) is 0 Å². The largest absolute Gasteiger partial charge is 0.497 e. The number of benzene rings is 2. The summed E-state index contributed by atoms with van der Waals surface area (Å²) in [6.07, 6.45) is 0.290. The summed E-state index contributed by atoms with van der Waals surface area (Å²) in [6.45, 7) is 7.94. The first kappa shape index (κ1) is 27.0. The lowest BCUT2D eigenvalue weighted by Gasteiger charge is -2.55. The molecule has 194 valence electrons. The van der Waals surface area contributed by atoms with Gasteiger partial charge in [-0.3, -0.25) is 4.79 Å². The summed E-state index contributed by atoms with van der Waals surface area (Å²) in [5.74, 6) is -0.351. The lowest BCUT2D eigenvalue weighted by atomic mass is 9.70. The highest BCUT2D eigenvalue weighted by Gasteiger charge is 2.63. The minimum absolute atomic E-state index is 0.105. The fourth-order valence-corrected chi connectivity index (χ4v) is 4.36. The van der Waals surface area contributed by atoms with Crippen LogP contribution in [0.4, 0.5) is 4.79 Å². The molecule has 0 aromatic heterocycles. The molecule has 3 rings (SSSR count). The Hall–Kier alpha value is -3.55. The minimum atomic E-state index is -1.11. The maximum atomic E-state index is 13.5. The second-order valence-corrected chi connectivity index (χ2v) is 10.0. The molecule has 1 heterocycles. The summed E-state index contributed by atoms with van der Waals surface area (Å²) in [7, 11) is 1.59. The number of ether oxygens (including phenoxy) is 3. The number of carbonyl (C=O) groups is 3. The Kier molecular flexibility index (Phi) is 8.61. The van der Waals surface area contributed by atoms with Gasteiger partial charge in [-0.25, -0.2) is 9.59 Å². The van der Waals surface area contributed by atoms with E-state index in [1.807, 2.05) is 75.4 Å². The van der Waals surface area contributed by atoms with Crippen LogP contribution in [-0.4, -0.2) is 47.7 Å². The Balaban J connectivity index is 1.66. The van der Waals surface area contributed by atoms with Crippen LogP contribution < -0.4 is 10.1 Å². The average molecular weight is 497 g/mol. The number of hydrogen-bond acceptors (Lipinski definition) is 6. The molecule has 1 fully saturated rings. The highest BCUT2D eigenvalue weighted by atomic mass is 16.6. The summed E-state index contributed by atoms with van der Waals surface area (Å²) < 4.78 is 16.2. The molecule has 0 aliphatic carbocycles. The van der Waals surface area contributed by atoms with Crippen LogP contribution in [0.15, 0.2) is 54.6 Å². The third-order valence-corrected chi connectivity index (χ3v) is 6.30. The molecule has 1 aliphatic rings. The van der Waals surface area contributed by atoms with E-state index in [2.05, 4.69) is 5.32 Å². The number of esters is 1. The van der Waals surface area contributed by atoms with Crippen LogP contribution in [0.3, 0.4) is 0 Å². The van der Waals surface area contributed by atoms with Gasteiger partial charge >= 0.3 is 12.1 Å². The Morgan fingerprint density at radius 2 is 1.69 bits per heavy atom. The first-order valence-electron chi connectivity index (χ1n) is 12.2. The Morgan fingerprint density at radius 3 is 2.31 bits per heavy atom. The minimum Gasteiger partial charge on any atom is -0.497 e. The second kappa shape index (κ2) is 11.5. The van der Waals surface area contributed by atoms with Gasteiger partial charge in [0.25, 0.3) is 0 Å². The Bertz CT molecular complexity index is 1050. The fourth-order valence-electron chi connectivity index (χ4n) is 4.36. The van der Waals surface area contributed by atoms with Gasteiger partial charge in [0.2, 0.25) is 5.91 Å². The fraction of sp³-hybridized carbons (Fsp3) is 0.464. The van der Waals surface area contributed by atoms with E-state index in [4.69, 9.17) is 14.2 Å². The predicted octanol–water partition coefficient (Wildman–Crippen LogP) is 4.46. The first-order valence-corrected chi connectivity index (χ1v) is 12.2. The molecule has 8 heteroatoms. The van der Waals surface area contributed by atoms with E-state index in [1.165, 1.54) is 0 Å². The Labute approximate surface area is 212 Å². The van der Waals surface area contributed by atoms with Gasteiger partial charge in [-0.2, -0.15) is 0 Å². The molecule has 2 aromatic rings. The van der Waals surface area contributed by atoms with Gasteiger partial charge in [-0.05, 0) is 56.9 Å². The first-order chi connectivity index (χ1) is 17.1. The van der Waals surface area contributed by atoms with Crippen LogP contribution in [-0.2, 0) is 32.2 Å². The van der Waals surface area contributed by atoms with E-state index >= 15 is 0 Å². The topological polar surface area (TPSA) is 94.2 Å². The molecule has 0 unspecified atom stereocenters. The average Bonchev–Trinajstić information content (AvgIpc) is 2.86. The summed E-state index contributed by atoms with van der Waals surface area (Å²) in [4.78, 5) is 40.1. The lowest BCUT2D eigenvalue weighted by molar-refractivity contribution is -0.199. The van der Waals surface area contributed by atoms with E-state index in [-0.39, 0.29) is 19.1 Å². The number of β-lactam (4-membered cyclic amide) rings is 1. The van der Waals surface area contributed by atoms with Crippen molar-refractivity contribution >= 4 is 18.0 Å². The van der Waals surface area contributed by atoms with Crippen molar-refractivity contribution in [3.8, 4) is 5.75 Å². The molecule has 0 bridgehead atoms. The van der Waals surface area contributed by atoms with Crippen LogP contribution in [0.1, 0.15) is 51.7 Å². The highest BCUT2D eigenvalue weighted by molar-refractivity contribution is 6.01. The zero-order valence-corrected chi connectivity index (χ0v) is 21.7. The molecule has 2 aromatic carbocycles. The normalized spacial score (nSPS) is 19.3. The molecule has 0 spiro atoms. The number of amides is 2. The van der Waals surface area contributed by atoms with Crippen molar-refractivity contribution in [3.63, 3.8) is 0 Å². The maximum Gasteiger partial charge on any atom is 0.407 e. The number of hydrogen-bond donors (Lipinski definition) is 1. The van der Waals surface area contributed by atoms with Crippen LogP contribution in [0, 0.1) is 5.92 Å². The molecule has 2 amide bonds. The number of alkyl carbamates (subject to hydrolysis) is 1. The van der Waals surface area contributed by atoms with E-state index < -0.39 is 29.1 Å². The summed E-state index contributed by atoms with van der Waals surface area (Å²) in [6, 6.07) is 16.8. The quantitative estimate of drug-likeness (QED) is 0.297. The zero-order chi connectivity index (χ0) is 26.3. The molecule has 0 radical (unpaired) electrons. The number of likely N-dealkylation sites (tertiary alicyclic amines) is 1. The third kappa shape index (κ3) is 6.36. The number of carbonyl (C=O) groups excluding carboxylic acids is 3. The van der Waals surface area contributed by atoms with Crippen LogP contribution >= 0.6 is 0 Å². The molecular formula is C28H36N2O6. The third-order valence-electron chi connectivity index (χ3n) is 6.30. The van der Waals surface area contributed by atoms with E-state index in [1.54, 1.807) is 18.9 Å². The molecule has 1 saturated heterocycles. The molecule has 0 saturated carbocycles. The monoisotopic (exact) mass is 496 g/mol. The van der Waals surface area contributed by atoms with Gasteiger partial charge in [-0.1, -0.05) is 49.4 Å². The van der Waals surface area contributed by atoms with Crippen LogP contribution in [0.25, 0.3) is 0 Å².